The maximum absolute atomic E-state index is 5.78. The molecule has 2 N–H and O–H groups in total. The van der Waals surface area contributed by atoms with Gasteiger partial charge in [0.25, 0.3) is 0 Å². The van der Waals surface area contributed by atoms with Crippen LogP contribution in [0.2, 0.25) is 0 Å². The molecule has 1 unspecified atom stereocenters. The van der Waals surface area contributed by atoms with Gasteiger partial charge in [0.1, 0.15) is 0 Å². The molecule has 1 aromatic heterocycles. The highest BCUT2D eigenvalue weighted by Crippen LogP contribution is 2.13. The third kappa shape index (κ3) is 3.74. The molecule has 0 aliphatic rings. The van der Waals surface area contributed by atoms with Gasteiger partial charge < -0.3 is 5.73 Å². The molecule has 1 heterocycles. The predicted molar refractivity (Wildman–Crippen MR) is 55.8 cm³/mol. The molecule has 4 heteroatoms. The van der Waals surface area contributed by atoms with E-state index in [9.17, 15) is 0 Å². The van der Waals surface area contributed by atoms with E-state index >= 15 is 0 Å². The Morgan fingerprint density at radius 1 is 1.62 bits per heavy atom. The molecule has 1 aromatic rings. The number of thioether (sulfide) groups is 1. The van der Waals surface area contributed by atoms with Crippen LogP contribution in [0.5, 0.6) is 0 Å². The summed E-state index contributed by atoms with van der Waals surface area (Å²) in [5, 5.41) is 0.823. The zero-order chi connectivity index (χ0) is 9.68. The molecule has 0 saturated heterocycles. The SMILES string of the molecule is CCC(N)CSc1nccc(C)n1. The number of hydrogen-bond donors (Lipinski definition) is 1. The summed E-state index contributed by atoms with van der Waals surface area (Å²) in [6, 6.07) is 2.14. The molecule has 0 spiro atoms. The van der Waals surface area contributed by atoms with E-state index in [1.807, 2.05) is 13.0 Å². The van der Waals surface area contributed by atoms with Crippen LogP contribution in [0.25, 0.3) is 0 Å². The van der Waals surface area contributed by atoms with Crippen LogP contribution < -0.4 is 5.73 Å². The minimum absolute atomic E-state index is 0.245. The molecule has 0 aliphatic heterocycles. The maximum Gasteiger partial charge on any atom is 0.187 e. The Morgan fingerprint density at radius 2 is 2.38 bits per heavy atom. The average Bonchev–Trinajstić information content (AvgIpc) is 2.14. The maximum atomic E-state index is 5.78. The molecule has 0 amide bonds. The van der Waals surface area contributed by atoms with E-state index in [4.69, 9.17) is 5.73 Å². The summed E-state index contributed by atoms with van der Waals surface area (Å²) in [6.07, 6.45) is 2.78. The lowest BCUT2D eigenvalue weighted by Crippen LogP contribution is -2.21. The van der Waals surface area contributed by atoms with Gasteiger partial charge in [-0.25, -0.2) is 9.97 Å². The Morgan fingerprint density at radius 3 is 3.00 bits per heavy atom. The fourth-order valence-electron chi connectivity index (χ4n) is 0.795. The van der Waals surface area contributed by atoms with Crippen molar-refractivity contribution >= 4 is 11.8 Å². The fourth-order valence-corrected chi connectivity index (χ4v) is 1.74. The average molecular weight is 197 g/mol. The Bertz CT molecular complexity index is 265. The molecule has 0 radical (unpaired) electrons. The van der Waals surface area contributed by atoms with E-state index in [0.29, 0.717) is 0 Å². The molecule has 3 nitrogen and oxygen atoms in total. The number of hydrogen-bond acceptors (Lipinski definition) is 4. The summed E-state index contributed by atoms with van der Waals surface area (Å²) < 4.78 is 0. The van der Waals surface area contributed by atoms with Crippen LogP contribution in [0.1, 0.15) is 19.0 Å². The number of aromatic nitrogens is 2. The zero-order valence-electron chi connectivity index (χ0n) is 8.03. The molecule has 0 aliphatic carbocycles. The van der Waals surface area contributed by atoms with Crippen LogP contribution in [-0.4, -0.2) is 21.8 Å². The van der Waals surface area contributed by atoms with E-state index in [1.54, 1.807) is 18.0 Å². The van der Waals surface area contributed by atoms with Gasteiger partial charge in [0.15, 0.2) is 5.16 Å². The van der Waals surface area contributed by atoms with Crippen molar-refractivity contribution in [2.24, 2.45) is 5.73 Å². The van der Waals surface area contributed by atoms with E-state index < -0.39 is 0 Å². The number of nitrogens with zero attached hydrogens (tertiary/aromatic N) is 2. The first kappa shape index (κ1) is 10.5. The molecule has 0 fully saturated rings. The Hall–Kier alpha value is -0.610. The summed E-state index contributed by atoms with van der Waals surface area (Å²) in [7, 11) is 0. The Labute approximate surface area is 83.2 Å². The second-order valence-corrected chi connectivity index (χ2v) is 3.95. The van der Waals surface area contributed by atoms with E-state index in [0.717, 1.165) is 23.0 Å². The Balaban J connectivity index is 2.45. The molecule has 0 aromatic carbocycles. The van der Waals surface area contributed by atoms with Gasteiger partial charge in [0.2, 0.25) is 0 Å². The smallest absolute Gasteiger partial charge is 0.187 e. The highest BCUT2D eigenvalue weighted by Gasteiger charge is 2.02. The second kappa shape index (κ2) is 5.19. The van der Waals surface area contributed by atoms with Crippen molar-refractivity contribution in [1.29, 1.82) is 0 Å². The minimum atomic E-state index is 0.245. The van der Waals surface area contributed by atoms with Gasteiger partial charge in [0, 0.05) is 23.7 Å². The van der Waals surface area contributed by atoms with Gasteiger partial charge in [-0.15, -0.1) is 0 Å². The summed E-state index contributed by atoms with van der Waals surface area (Å²) in [5.74, 6) is 0.889. The first-order valence-electron chi connectivity index (χ1n) is 4.40. The summed E-state index contributed by atoms with van der Waals surface area (Å²) in [4.78, 5) is 8.42. The third-order valence-corrected chi connectivity index (χ3v) is 2.77. The van der Waals surface area contributed by atoms with Crippen molar-refractivity contribution in [3.63, 3.8) is 0 Å². The lowest BCUT2D eigenvalue weighted by atomic mass is 10.3. The molecule has 0 bridgehead atoms. The van der Waals surface area contributed by atoms with E-state index in [2.05, 4.69) is 16.9 Å². The standard InChI is InChI=1S/C9H15N3S/c1-3-8(10)6-13-9-11-5-4-7(2)12-9/h4-5,8H,3,6,10H2,1-2H3. The highest BCUT2D eigenvalue weighted by atomic mass is 32.2. The first-order chi connectivity index (χ1) is 6.22. The van der Waals surface area contributed by atoms with Crippen LogP contribution >= 0.6 is 11.8 Å². The largest absolute Gasteiger partial charge is 0.327 e. The zero-order valence-corrected chi connectivity index (χ0v) is 8.84. The van der Waals surface area contributed by atoms with Crippen molar-refractivity contribution in [2.45, 2.75) is 31.5 Å². The van der Waals surface area contributed by atoms with Crippen LogP contribution in [0, 0.1) is 6.92 Å². The number of nitrogens with two attached hydrogens (primary N) is 1. The van der Waals surface area contributed by atoms with Gasteiger partial charge >= 0.3 is 0 Å². The molecule has 72 valence electrons. The third-order valence-electron chi connectivity index (χ3n) is 1.72. The minimum Gasteiger partial charge on any atom is -0.327 e. The van der Waals surface area contributed by atoms with Crippen molar-refractivity contribution in [3.8, 4) is 0 Å². The molecule has 13 heavy (non-hydrogen) atoms. The van der Waals surface area contributed by atoms with Crippen molar-refractivity contribution in [2.75, 3.05) is 5.75 Å². The highest BCUT2D eigenvalue weighted by molar-refractivity contribution is 7.99. The molecule has 0 saturated carbocycles. The van der Waals surface area contributed by atoms with Gasteiger partial charge in [-0.1, -0.05) is 18.7 Å². The van der Waals surface area contributed by atoms with Crippen molar-refractivity contribution < 1.29 is 0 Å². The topological polar surface area (TPSA) is 51.8 Å². The molecule has 1 atom stereocenters. The first-order valence-corrected chi connectivity index (χ1v) is 5.39. The summed E-state index contributed by atoms with van der Waals surface area (Å²) in [6.45, 7) is 4.05. The fraction of sp³-hybridized carbons (Fsp3) is 0.556. The Kier molecular flexibility index (Phi) is 4.18. The van der Waals surface area contributed by atoms with Crippen LogP contribution in [-0.2, 0) is 0 Å². The van der Waals surface area contributed by atoms with E-state index in [-0.39, 0.29) is 6.04 Å². The lowest BCUT2D eigenvalue weighted by molar-refractivity contribution is 0.723. The summed E-state index contributed by atoms with van der Waals surface area (Å²) >= 11 is 1.62. The van der Waals surface area contributed by atoms with Gasteiger partial charge in [0.05, 0.1) is 0 Å². The molecular weight excluding hydrogens is 182 g/mol. The number of rotatable bonds is 4. The predicted octanol–water partition coefficient (Wildman–Crippen LogP) is 1.61. The quantitative estimate of drug-likeness (QED) is 0.588. The van der Waals surface area contributed by atoms with Gasteiger partial charge in [-0.3, -0.25) is 0 Å². The van der Waals surface area contributed by atoms with Crippen molar-refractivity contribution in [1.82, 2.24) is 9.97 Å². The van der Waals surface area contributed by atoms with Gasteiger partial charge in [-0.05, 0) is 19.4 Å². The normalized spacial score (nSPS) is 12.8. The van der Waals surface area contributed by atoms with Crippen LogP contribution in [0.4, 0.5) is 0 Å². The monoisotopic (exact) mass is 197 g/mol. The molecular formula is C9H15N3S. The van der Waals surface area contributed by atoms with E-state index in [1.165, 1.54) is 0 Å². The number of aryl methyl sites for hydroxylation is 1. The van der Waals surface area contributed by atoms with Gasteiger partial charge in [-0.2, -0.15) is 0 Å². The van der Waals surface area contributed by atoms with Crippen molar-refractivity contribution in [3.05, 3.63) is 18.0 Å². The van der Waals surface area contributed by atoms with Crippen LogP contribution in [0.15, 0.2) is 17.4 Å². The lowest BCUT2D eigenvalue weighted by Gasteiger charge is -2.06. The van der Waals surface area contributed by atoms with Crippen LogP contribution in [0.3, 0.4) is 0 Å². The molecule has 1 rings (SSSR count). The second-order valence-electron chi connectivity index (χ2n) is 2.96. The summed E-state index contributed by atoms with van der Waals surface area (Å²) in [5.41, 5.74) is 6.78.